The van der Waals surface area contributed by atoms with Crippen LogP contribution in [0.4, 0.5) is 0 Å². The largest absolute Gasteiger partial charge is 0.467 e. The maximum atomic E-state index is 11.6. The Hall–Kier alpha value is -1.36. The molecule has 0 aliphatic carbocycles. The summed E-state index contributed by atoms with van der Waals surface area (Å²) >= 11 is 1.39. The Morgan fingerprint density at radius 2 is 2.13 bits per heavy atom. The zero-order valence-corrected chi connectivity index (χ0v) is 9.68. The first-order chi connectivity index (χ1) is 7.04. The molecule has 1 heterocycles. The van der Waals surface area contributed by atoms with Gasteiger partial charge in [-0.1, -0.05) is 0 Å². The molecule has 0 saturated heterocycles. The average molecular weight is 227 g/mol. The molecule has 82 valence electrons. The van der Waals surface area contributed by atoms with Gasteiger partial charge >= 0.3 is 5.97 Å². The maximum Gasteiger partial charge on any atom is 0.328 e. The fourth-order valence-electron chi connectivity index (χ4n) is 1.06. The van der Waals surface area contributed by atoms with Gasteiger partial charge in [-0.15, -0.1) is 11.3 Å². The van der Waals surface area contributed by atoms with Crippen molar-refractivity contribution in [1.29, 1.82) is 0 Å². The van der Waals surface area contributed by atoms with Gasteiger partial charge in [0.25, 0.3) is 5.91 Å². The molecule has 0 fully saturated rings. The van der Waals surface area contributed by atoms with E-state index in [0.29, 0.717) is 4.88 Å². The monoisotopic (exact) mass is 227 g/mol. The summed E-state index contributed by atoms with van der Waals surface area (Å²) in [5.74, 6) is -0.692. The highest BCUT2D eigenvalue weighted by atomic mass is 32.1. The molecule has 1 aromatic rings. The molecule has 0 aliphatic rings. The smallest absolute Gasteiger partial charge is 0.328 e. The predicted molar refractivity (Wildman–Crippen MR) is 58.0 cm³/mol. The molecule has 1 rings (SSSR count). The van der Waals surface area contributed by atoms with E-state index < -0.39 is 12.0 Å². The minimum atomic E-state index is -0.620. The number of hydrogen-bond donors (Lipinski definition) is 1. The van der Waals surface area contributed by atoms with Gasteiger partial charge in [-0.05, 0) is 26.0 Å². The zero-order chi connectivity index (χ0) is 11.4. The van der Waals surface area contributed by atoms with E-state index in [2.05, 4.69) is 10.1 Å². The van der Waals surface area contributed by atoms with Gasteiger partial charge in [0.05, 0.1) is 12.0 Å². The summed E-state index contributed by atoms with van der Waals surface area (Å²) in [6.07, 6.45) is 0. The molecule has 0 saturated carbocycles. The third kappa shape index (κ3) is 3.06. The van der Waals surface area contributed by atoms with Crippen LogP contribution in [-0.4, -0.2) is 25.0 Å². The molecule has 1 aromatic heterocycles. The van der Waals surface area contributed by atoms with Crippen LogP contribution in [0.15, 0.2) is 12.1 Å². The molecule has 0 aliphatic heterocycles. The lowest BCUT2D eigenvalue weighted by atomic mass is 10.3. The summed E-state index contributed by atoms with van der Waals surface area (Å²) in [6.45, 7) is 3.51. The first-order valence-electron chi connectivity index (χ1n) is 4.49. The molecule has 1 unspecified atom stereocenters. The Morgan fingerprint density at radius 1 is 1.47 bits per heavy atom. The first kappa shape index (κ1) is 11.7. The Balaban J connectivity index is 2.60. The number of carbonyl (C=O) groups is 2. The summed E-state index contributed by atoms with van der Waals surface area (Å²) < 4.78 is 4.50. The second-order valence-corrected chi connectivity index (χ2v) is 4.42. The van der Waals surface area contributed by atoms with E-state index in [-0.39, 0.29) is 5.91 Å². The van der Waals surface area contributed by atoms with Crippen molar-refractivity contribution in [3.05, 3.63) is 21.9 Å². The molecule has 1 atom stereocenters. The van der Waals surface area contributed by atoms with Crippen molar-refractivity contribution in [2.75, 3.05) is 7.11 Å². The topological polar surface area (TPSA) is 55.4 Å². The molecular weight excluding hydrogens is 214 g/mol. The maximum absolute atomic E-state index is 11.6. The van der Waals surface area contributed by atoms with Crippen molar-refractivity contribution < 1.29 is 14.3 Å². The molecule has 0 bridgehead atoms. The molecule has 4 nitrogen and oxygen atoms in total. The quantitative estimate of drug-likeness (QED) is 0.793. The molecule has 0 aromatic carbocycles. The second kappa shape index (κ2) is 4.93. The summed E-state index contributed by atoms with van der Waals surface area (Å²) in [4.78, 5) is 24.3. The van der Waals surface area contributed by atoms with E-state index in [4.69, 9.17) is 0 Å². The highest BCUT2D eigenvalue weighted by molar-refractivity contribution is 7.13. The molecule has 0 radical (unpaired) electrons. The number of thiophene rings is 1. The van der Waals surface area contributed by atoms with Gasteiger partial charge < -0.3 is 10.1 Å². The van der Waals surface area contributed by atoms with Crippen molar-refractivity contribution in [2.45, 2.75) is 19.9 Å². The van der Waals surface area contributed by atoms with Gasteiger partial charge in [-0.3, -0.25) is 4.79 Å². The van der Waals surface area contributed by atoms with Gasteiger partial charge in [-0.25, -0.2) is 4.79 Å². The molecule has 5 heteroatoms. The third-order valence-electron chi connectivity index (χ3n) is 1.87. The van der Waals surface area contributed by atoms with Crippen molar-refractivity contribution in [3.63, 3.8) is 0 Å². The van der Waals surface area contributed by atoms with Gasteiger partial charge in [0.1, 0.15) is 6.04 Å². The van der Waals surface area contributed by atoms with Crippen LogP contribution in [0.25, 0.3) is 0 Å². The van der Waals surface area contributed by atoms with E-state index in [1.807, 2.05) is 13.0 Å². The Labute approximate surface area is 92.2 Å². The lowest BCUT2D eigenvalue weighted by Crippen LogP contribution is -2.38. The van der Waals surface area contributed by atoms with Crippen LogP contribution in [0.1, 0.15) is 21.5 Å². The lowest BCUT2D eigenvalue weighted by molar-refractivity contribution is -0.142. The minimum Gasteiger partial charge on any atom is -0.467 e. The molecule has 1 amide bonds. The Bertz CT molecular complexity index is 372. The van der Waals surface area contributed by atoms with Crippen LogP contribution >= 0.6 is 11.3 Å². The SMILES string of the molecule is COC(=O)C(C)NC(=O)c1ccc(C)s1. The fraction of sp³-hybridized carbons (Fsp3) is 0.400. The Kier molecular flexibility index (Phi) is 3.85. The van der Waals surface area contributed by atoms with Crippen LogP contribution in [0, 0.1) is 6.92 Å². The van der Waals surface area contributed by atoms with Crippen molar-refractivity contribution in [3.8, 4) is 0 Å². The van der Waals surface area contributed by atoms with E-state index in [9.17, 15) is 9.59 Å². The highest BCUT2D eigenvalue weighted by Gasteiger charge is 2.17. The van der Waals surface area contributed by atoms with E-state index in [0.717, 1.165) is 4.88 Å². The lowest BCUT2D eigenvalue weighted by Gasteiger charge is -2.10. The van der Waals surface area contributed by atoms with E-state index in [1.165, 1.54) is 18.4 Å². The normalized spacial score (nSPS) is 11.9. The standard InChI is InChI=1S/C10H13NO3S/c1-6-4-5-8(15-6)9(12)11-7(2)10(13)14-3/h4-5,7H,1-3H3,(H,11,12). The van der Waals surface area contributed by atoms with Crippen molar-refractivity contribution >= 4 is 23.2 Å². The third-order valence-corrected chi connectivity index (χ3v) is 2.87. The van der Waals surface area contributed by atoms with Crippen molar-refractivity contribution in [1.82, 2.24) is 5.32 Å². The van der Waals surface area contributed by atoms with Gasteiger partial charge in [0.2, 0.25) is 0 Å². The number of aryl methyl sites for hydroxylation is 1. The van der Waals surface area contributed by atoms with Crippen molar-refractivity contribution in [2.24, 2.45) is 0 Å². The molecule has 0 spiro atoms. The Morgan fingerprint density at radius 3 is 2.60 bits per heavy atom. The number of carbonyl (C=O) groups excluding carboxylic acids is 2. The van der Waals surface area contributed by atoms with E-state index >= 15 is 0 Å². The minimum absolute atomic E-state index is 0.244. The van der Waals surface area contributed by atoms with Crippen LogP contribution < -0.4 is 5.32 Å². The zero-order valence-electron chi connectivity index (χ0n) is 8.87. The van der Waals surface area contributed by atoms with Crippen LogP contribution in [0.5, 0.6) is 0 Å². The highest BCUT2D eigenvalue weighted by Crippen LogP contribution is 2.14. The predicted octanol–water partition coefficient (Wildman–Crippen LogP) is 1.35. The number of rotatable bonds is 3. The van der Waals surface area contributed by atoms with Crippen LogP contribution in [0.2, 0.25) is 0 Å². The van der Waals surface area contributed by atoms with E-state index in [1.54, 1.807) is 13.0 Å². The first-order valence-corrected chi connectivity index (χ1v) is 5.31. The number of nitrogens with one attached hydrogen (secondary N) is 1. The summed E-state index contributed by atoms with van der Waals surface area (Å²) in [7, 11) is 1.29. The van der Waals surface area contributed by atoms with Gasteiger partial charge in [0.15, 0.2) is 0 Å². The fourth-order valence-corrected chi connectivity index (χ4v) is 1.83. The molecule has 1 N–H and O–H groups in total. The number of esters is 1. The molecule has 15 heavy (non-hydrogen) atoms. The summed E-state index contributed by atoms with van der Waals surface area (Å²) in [5, 5.41) is 2.56. The van der Waals surface area contributed by atoms with Gasteiger partial charge in [-0.2, -0.15) is 0 Å². The number of methoxy groups -OCH3 is 1. The second-order valence-electron chi connectivity index (χ2n) is 3.13. The number of hydrogen-bond acceptors (Lipinski definition) is 4. The summed E-state index contributed by atoms with van der Waals surface area (Å²) in [5.41, 5.74) is 0. The number of ether oxygens (including phenoxy) is 1. The number of amides is 1. The molecular formula is C10H13NO3S. The average Bonchev–Trinajstić information content (AvgIpc) is 2.63. The van der Waals surface area contributed by atoms with Crippen LogP contribution in [0.3, 0.4) is 0 Å². The summed E-state index contributed by atoms with van der Waals surface area (Å²) in [6, 6.07) is 2.98. The van der Waals surface area contributed by atoms with Gasteiger partial charge in [0, 0.05) is 4.88 Å². The van der Waals surface area contributed by atoms with Crippen LogP contribution in [-0.2, 0) is 9.53 Å².